The third-order valence-corrected chi connectivity index (χ3v) is 3.93. The van der Waals surface area contributed by atoms with E-state index in [1.165, 1.54) is 5.56 Å². The molecule has 124 valence electrons. The Hall–Kier alpha value is -2.34. The first-order chi connectivity index (χ1) is 11.0. The fourth-order valence-electron chi connectivity index (χ4n) is 2.45. The van der Waals surface area contributed by atoms with E-state index in [4.69, 9.17) is 4.74 Å². The second-order valence-electron chi connectivity index (χ2n) is 5.49. The van der Waals surface area contributed by atoms with Crippen molar-refractivity contribution in [3.63, 3.8) is 0 Å². The van der Waals surface area contributed by atoms with E-state index in [0.717, 1.165) is 0 Å². The highest BCUT2D eigenvalue weighted by molar-refractivity contribution is 5.93. The van der Waals surface area contributed by atoms with Gasteiger partial charge in [0.1, 0.15) is 0 Å². The first kappa shape index (κ1) is 17.0. The second-order valence-corrected chi connectivity index (χ2v) is 5.49. The van der Waals surface area contributed by atoms with Crippen LogP contribution in [0.15, 0.2) is 41.6 Å². The van der Waals surface area contributed by atoms with Crippen LogP contribution in [0.1, 0.15) is 25.5 Å². The van der Waals surface area contributed by atoms with Gasteiger partial charge in [-0.2, -0.15) is 0 Å². The van der Waals surface area contributed by atoms with Crippen molar-refractivity contribution in [1.82, 2.24) is 15.5 Å². The SMILES string of the molecule is CCOC(=O)C1=C(CN(C)[C@@H](C)c2ccccc2)NC(=O)NC1. The number of amides is 2. The zero-order chi connectivity index (χ0) is 16.8. The lowest BCUT2D eigenvalue weighted by Crippen LogP contribution is -2.46. The largest absolute Gasteiger partial charge is 0.463 e. The van der Waals surface area contributed by atoms with Crippen LogP contribution in [0.4, 0.5) is 4.79 Å². The Morgan fingerprint density at radius 3 is 2.70 bits per heavy atom. The van der Waals surface area contributed by atoms with Gasteiger partial charge in [-0.05, 0) is 26.5 Å². The molecule has 2 amide bonds. The maximum atomic E-state index is 12.0. The van der Waals surface area contributed by atoms with Gasteiger partial charge in [0.25, 0.3) is 0 Å². The number of ether oxygens (including phenoxy) is 1. The highest BCUT2D eigenvalue weighted by Crippen LogP contribution is 2.20. The summed E-state index contributed by atoms with van der Waals surface area (Å²) in [7, 11) is 1.96. The van der Waals surface area contributed by atoms with Crippen LogP contribution in [0.5, 0.6) is 0 Å². The summed E-state index contributed by atoms with van der Waals surface area (Å²) in [5, 5.41) is 5.34. The molecule has 0 fully saturated rings. The molecule has 0 unspecified atom stereocenters. The van der Waals surface area contributed by atoms with Gasteiger partial charge in [0.15, 0.2) is 0 Å². The average Bonchev–Trinajstić information content (AvgIpc) is 2.55. The summed E-state index contributed by atoms with van der Waals surface area (Å²) in [6.07, 6.45) is 0. The minimum atomic E-state index is -0.393. The lowest BCUT2D eigenvalue weighted by molar-refractivity contribution is -0.138. The number of carbonyl (C=O) groups is 2. The summed E-state index contributed by atoms with van der Waals surface area (Å²) in [5.41, 5.74) is 2.24. The zero-order valence-corrected chi connectivity index (χ0v) is 13.8. The molecule has 23 heavy (non-hydrogen) atoms. The van der Waals surface area contributed by atoms with Gasteiger partial charge in [-0.1, -0.05) is 30.3 Å². The Labute approximate surface area is 136 Å². The van der Waals surface area contributed by atoms with E-state index >= 15 is 0 Å². The number of likely N-dealkylation sites (N-methyl/N-ethyl adjacent to an activating group) is 1. The third kappa shape index (κ3) is 4.32. The van der Waals surface area contributed by atoms with Gasteiger partial charge >= 0.3 is 12.0 Å². The van der Waals surface area contributed by atoms with Gasteiger partial charge in [-0.25, -0.2) is 9.59 Å². The molecule has 2 N–H and O–H groups in total. The Kier molecular flexibility index (Phi) is 5.76. The second kappa shape index (κ2) is 7.78. The number of hydrogen-bond donors (Lipinski definition) is 2. The van der Waals surface area contributed by atoms with Crippen LogP contribution in [0.3, 0.4) is 0 Å². The fourth-order valence-corrected chi connectivity index (χ4v) is 2.45. The highest BCUT2D eigenvalue weighted by atomic mass is 16.5. The van der Waals surface area contributed by atoms with Gasteiger partial charge in [-0.3, -0.25) is 4.90 Å². The van der Waals surface area contributed by atoms with E-state index in [9.17, 15) is 9.59 Å². The number of nitrogens with zero attached hydrogens (tertiary/aromatic N) is 1. The first-order valence-electron chi connectivity index (χ1n) is 7.72. The van der Waals surface area contributed by atoms with Gasteiger partial charge in [0.2, 0.25) is 0 Å². The minimum absolute atomic E-state index is 0.152. The van der Waals surface area contributed by atoms with Crippen molar-refractivity contribution in [3.05, 3.63) is 47.2 Å². The minimum Gasteiger partial charge on any atom is -0.463 e. The van der Waals surface area contributed by atoms with Crippen LogP contribution in [0.25, 0.3) is 0 Å². The number of benzene rings is 1. The maximum Gasteiger partial charge on any atom is 0.337 e. The van der Waals surface area contributed by atoms with Crippen molar-refractivity contribution in [1.29, 1.82) is 0 Å². The lowest BCUT2D eigenvalue weighted by Gasteiger charge is -2.29. The normalized spacial score (nSPS) is 15.9. The number of hydrogen-bond acceptors (Lipinski definition) is 4. The molecule has 0 aliphatic carbocycles. The third-order valence-electron chi connectivity index (χ3n) is 3.93. The molecule has 1 heterocycles. The molecule has 2 rings (SSSR count). The van der Waals surface area contributed by atoms with Gasteiger partial charge in [-0.15, -0.1) is 0 Å². The predicted molar refractivity (Wildman–Crippen MR) is 87.7 cm³/mol. The van der Waals surface area contributed by atoms with Crippen LogP contribution < -0.4 is 10.6 Å². The van der Waals surface area contributed by atoms with Crippen molar-refractivity contribution in [3.8, 4) is 0 Å². The molecule has 0 radical (unpaired) electrons. The Morgan fingerprint density at radius 2 is 2.04 bits per heavy atom. The molecule has 0 saturated heterocycles. The molecular weight excluding hydrogens is 294 g/mol. The zero-order valence-electron chi connectivity index (χ0n) is 13.8. The van der Waals surface area contributed by atoms with Crippen LogP contribution in [-0.4, -0.2) is 43.6 Å². The van der Waals surface area contributed by atoms with Crippen LogP contribution in [0, 0.1) is 0 Å². The Morgan fingerprint density at radius 1 is 1.35 bits per heavy atom. The van der Waals surface area contributed by atoms with E-state index in [1.807, 2.05) is 25.2 Å². The molecule has 1 aliphatic heterocycles. The molecular formula is C17H23N3O3. The van der Waals surface area contributed by atoms with E-state index in [0.29, 0.717) is 24.4 Å². The maximum absolute atomic E-state index is 12.0. The van der Waals surface area contributed by atoms with Crippen molar-refractivity contribution in [2.45, 2.75) is 19.9 Å². The Bertz CT molecular complexity index is 598. The standard InChI is InChI=1S/C17H23N3O3/c1-4-23-16(21)14-10-18-17(22)19-15(14)11-20(3)12(2)13-8-6-5-7-9-13/h5-9,12H,4,10-11H2,1-3H3,(H2,18,19,22)/t12-/m0/s1. The van der Waals surface area contributed by atoms with Gasteiger partial charge in [0, 0.05) is 18.3 Å². The van der Waals surface area contributed by atoms with E-state index in [1.54, 1.807) is 6.92 Å². The molecule has 6 heteroatoms. The van der Waals surface area contributed by atoms with Gasteiger partial charge < -0.3 is 15.4 Å². The summed E-state index contributed by atoms with van der Waals surface area (Å²) < 4.78 is 5.07. The fraction of sp³-hybridized carbons (Fsp3) is 0.412. The molecule has 0 bridgehead atoms. The summed E-state index contributed by atoms with van der Waals surface area (Å²) in [6, 6.07) is 9.94. The van der Waals surface area contributed by atoms with E-state index in [-0.39, 0.29) is 18.6 Å². The van der Waals surface area contributed by atoms with Crippen molar-refractivity contribution in [2.75, 3.05) is 26.7 Å². The topological polar surface area (TPSA) is 70.7 Å². The highest BCUT2D eigenvalue weighted by Gasteiger charge is 2.25. The number of esters is 1. The number of urea groups is 1. The van der Waals surface area contributed by atoms with Crippen LogP contribution >= 0.6 is 0 Å². The Balaban J connectivity index is 2.16. The van der Waals surface area contributed by atoms with E-state index in [2.05, 4.69) is 34.6 Å². The summed E-state index contributed by atoms with van der Waals surface area (Å²) in [5.74, 6) is -0.393. The van der Waals surface area contributed by atoms with Crippen molar-refractivity contribution in [2.24, 2.45) is 0 Å². The molecule has 1 aromatic rings. The smallest absolute Gasteiger partial charge is 0.337 e. The quantitative estimate of drug-likeness (QED) is 0.785. The predicted octanol–water partition coefficient (Wildman–Crippen LogP) is 1.81. The molecule has 0 saturated carbocycles. The number of nitrogens with one attached hydrogen (secondary N) is 2. The summed E-state index contributed by atoms with van der Waals surface area (Å²) in [4.78, 5) is 25.7. The summed E-state index contributed by atoms with van der Waals surface area (Å²) in [6.45, 7) is 4.80. The van der Waals surface area contributed by atoms with Crippen LogP contribution in [0.2, 0.25) is 0 Å². The van der Waals surface area contributed by atoms with Crippen LogP contribution in [-0.2, 0) is 9.53 Å². The molecule has 1 atom stereocenters. The molecule has 0 aromatic heterocycles. The molecule has 1 aliphatic rings. The van der Waals surface area contributed by atoms with Crippen molar-refractivity contribution >= 4 is 12.0 Å². The monoisotopic (exact) mass is 317 g/mol. The molecule has 6 nitrogen and oxygen atoms in total. The van der Waals surface area contributed by atoms with E-state index < -0.39 is 5.97 Å². The van der Waals surface area contributed by atoms with Crippen molar-refractivity contribution < 1.29 is 14.3 Å². The summed E-state index contributed by atoms with van der Waals surface area (Å²) >= 11 is 0. The van der Waals surface area contributed by atoms with Gasteiger partial charge in [0.05, 0.1) is 18.7 Å². The lowest BCUT2D eigenvalue weighted by atomic mass is 10.1. The molecule has 0 spiro atoms. The molecule has 1 aromatic carbocycles. The number of carbonyl (C=O) groups excluding carboxylic acids is 2. The average molecular weight is 317 g/mol. The number of rotatable bonds is 6. The first-order valence-corrected chi connectivity index (χ1v) is 7.72.